The molecule has 1 N–H and O–H groups in total. The molecule has 1 aliphatic heterocycles. The fourth-order valence-electron chi connectivity index (χ4n) is 2.79. The molecule has 122 valence electrons. The molecule has 2 rings (SSSR count). The molecule has 1 saturated heterocycles. The first-order chi connectivity index (χ1) is 10.6. The van der Waals surface area contributed by atoms with Gasteiger partial charge in [0.1, 0.15) is 0 Å². The maximum absolute atomic E-state index is 12.8. The van der Waals surface area contributed by atoms with Gasteiger partial charge >= 0.3 is 0 Å². The average molecular weight is 306 g/mol. The van der Waals surface area contributed by atoms with E-state index in [1.165, 1.54) is 0 Å². The Morgan fingerprint density at radius 3 is 2.41 bits per heavy atom. The zero-order valence-corrected chi connectivity index (χ0v) is 13.4. The van der Waals surface area contributed by atoms with Gasteiger partial charge < -0.3 is 14.7 Å². The lowest BCUT2D eigenvalue weighted by molar-refractivity contribution is -0.146. The summed E-state index contributed by atoms with van der Waals surface area (Å²) in [6.45, 7) is 7.82. The van der Waals surface area contributed by atoms with Crippen molar-refractivity contribution >= 4 is 5.91 Å². The third-order valence-corrected chi connectivity index (χ3v) is 3.87. The molecule has 5 heteroatoms. The van der Waals surface area contributed by atoms with E-state index in [4.69, 9.17) is 4.74 Å². The summed E-state index contributed by atoms with van der Waals surface area (Å²) in [5.41, 5.74) is 0.903. The molecular weight excluding hydrogens is 280 g/mol. The van der Waals surface area contributed by atoms with Gasteiger partial charge in [0, 0.05) is 39.3 Å². The summed E-state index contributed by atoms with van der Waals surface area (Å²) >= 11 is 0. The van der Waals surface area contributed by atoms with Crippen LogP contribution in [-0.2, 0) is 9.53 Å². The van der Waals surface area contributed by atoms with E-state index in [9.17, 15) is 9.90 Å². The summed E-state index contributed by atoms with van der Waals surface area (Å²) in [5.74, 6) is 0.0322. The lowest BCUT2D eigenvalue weighted by Gasteiger charge is -2.36. The van der Waals surface area contributed by atoms with Crippen molar-refractivity contribution in [3.05, 3.63) is 35.9 Å². The number of hydrogen-bond acceptors (Lipinski definition) is 4. The van der Waals surface area contributed by atoms with Gasteiger partial charge in [-0.2, -0.15) is 0 Å². The van der Waals surface area contributed by atoms with Crippen LogP contribution in [0.1, 0.15) is 25.5 Å². The zero-order valence-electron chi connectivity index (χ0n) is 13.4. The molecule has 0 saturated carbocycles. The summed E-state index contributed by atoms with van der Waals surface area (Å²) in [7, 11) is 0. The molecule has 1 heterocycles. The van der Waals surface area contributed by atoms with E-state index in [0.717, 1.165) is 18.7 Å². The minimum absolute atomic E-state index is 0.0322. The van der Waals surface area contributed by atoms with E-state index in [1.54, 1.807) is 6.92 Å². The topological polar surface area (TPSA) is 53.0 Å². The van der Waals surface area contributed by atoms with E-state index in [-0.39, 0.29) is 12.0 Å². The van der Waals surface area contributed by atoms with Crippen molar-refractivity contribution < 1.29 is 14.6 Å². The van der Waals surface area contributed by atoms with E-state index in [2.05, 4.69) is 4.90 Å². The van der Waals surface area contributed by atoms with Crippen molar-refractivity contribution in [1.82, 2.24) is 9.80 Å². The first-order valence-electron chi connectivity index (χ1n) is 7.97. The van der Waals surface area contributed by atoms with Gasteiger partial charge in [-0.1, -0.05) is 30.3 Å². The van der Waals surface area contributed by atoms with Crippen LogP contribution in [0.4, 0.5) is 0 Å². The summed E-state index contributed by atoms with van der Waals surface area (Å²) in [6.07, 6.45) is -0.850. The minimum atomic E-state index is -0.519. The Bertz CT molecular complexity index is 456. The number of aliphatic hydroxyl groups excluding tert-OH is 1. The molecule has 2 atom stereocenters. The number of hydrogen-bond donors (Lipinski definition) is 1. The van der Waals surface area contributed by atoms with Crippen molar-refractivity contribution in [2.75, 3.05) is 39.3 Å². The van der Waals surface area contributed by atoms with E-state index in [1.807, 2.05) is 42.2 Å². The van der Waals surface area contributed by atoms with Crippen molar-refractivity contribution in [2.45, 2.75) is 26.1 Å². The summed E-state index contributed by atoms with van der Waals surface area (Å²) < 4.78 is 5.69. The first kappa shape index (κ1) is 16.9. The number of rotatable bonds is 6. The Morgan fingerprint density at radius 1 is 1.23 bits per heavy atom. The standard InChI is InChI=1S/C17H26N2O3/c1-3-22-16(15-7-5-4-6-8-15)17(21)19-11-9-18(10-12-19)13-14(2)20/h4-8,14,16,20H,3,9-13H2,1-2H3/t14-,16+/m1/s1. The van der Waals surface area contributed by atoms with E-state index >= 15 is 0 Å². The summed E-state index contributed by atoms with van der Waals surface area (Å²) in [4.78, 5) is 16.8. The lowest BCUT2D eigenvalue weighted by Crippen LogP contribution is -2.51. The number of carbonyl (C=O) groups excluding carboxylic acids is 1. The zero-order chi connectivity index (χ0) is 15.9. The largest absolute Gasteiger partial charge is 0.392 e. The SMILES string of the molecule is CCO[C@H](C(=O)N1CCN(C[C@@H](C)O)CC1)c1ccccc1. The number of amides is 1. The molecule has 22 heavy (non-hydrogen) atoms. The molecule has 1 fully saturated rings. The van der Waals surface area contributed by atoms with Crippen molar-refractivity contribution in [3.63, 3.8) is 0 Å². The molecule has 0 unspecified atom stereocenters. The Labute approximate surface area is 132 Å². The van der Waals surface area contributed by atoms with Crippen LogP contribution >= 0.6 is 0 Å². The van der Waals surface area contributed by atoms with Crippen LogP contribution in [0.3, 0.4) is 0 Å². The number of benzene rings is 1. The number of β-amino-alcohol motifs (C(OH)–C–C–N with tert-alkyl or cyclic N) is 1. The van der Waals surface area contributed by atoms with E-state index in [0.29, 0.717) is 26.2 Å². The van der Waals surface area contributed by atoms with Crippen LogP contribution in [0, 0.1) is 0 Å². The molecular formula is C17H26N2O3. The first-order valence-corrected chi connectivity index (χ1v) is 7.97. The van der Waals surface area contributed by atoms with Crippen LogP contribution in [0.25, 0.3) is 0 Å². The van der Waals surface area contributed by atoms with Gasteiger partial charge in [0.2, 0.25) is 0 Å². The van der Waals surface area contributed by atoms with Gasteiger partial charge in [-0.05, 0) is 19.4 Å². The highest BCUT2D eigenvalue weighted by Gasteiger charge is 2.29. The third kappa shape index (κ3) is 4.53. The van der Waals surface area contributed by atoms with Crippen LogP contribution in [0.2, 0.25) is 0 Å². The summed E-state index contributed by atoms with van der Waals surface area (Å²) in [6, 6.07) is 9.65. The molecule has 1 aliphatic rings. The number of piperazine rings is 1. The summed E-state index contributed by atoms with van der Waals surface area (Å²) in [5, 5.41) is 9.44. The van der Waals surface area contributed by atoms with Gasteiger partial charge in [-0.25, -0.2) is 0 Å². The lowest BCUT2D eigenvalue weighted by atomic mass is 10.1. The van der Waals surface area contributed by atoms with Gasteiger partial charge in [0.05, 0.1) is 6.10 Å². The number of nitrogens with zero attached hydrogens (tertiary/aromatic N) is 2. The predicted molar refractivity (Wildman–Crippen MR) is 85.5 cm³/mol. The molecule has 5 nitrogen and oxygen atoms in total. The molecule has 0 bridgehead atoms. The number of carbonyl (C=O) groups is 1. The van der Waals surface area contributed by atoms with Crippen molar-refractivity contribution in [2.24, 2.45) is 0 Å². The fraction of sp³-hybridized carbons (Fsp3) is 0.588. The Hall–Kier alpha value is -1.43. The minimum Gasteiger partial charge on any atom is -0.392 e. The highest BCUT2D eigenvalue weighted by atomic mass is 16.5. The van der Waals surface area contributed by atoms with Crippen LogP contribution in [-0.4, -0.2) is 66.2 Å². The van der Waals surface area contributed by atoms with Crippen LogP contribution in [0.15, 0.2) is 30.3 Å². The molecule has 1 aromatic carbocycles. The molecule has 0 aromatic heterocycles. The second-order valence-corrected chi connectivity index (χ2v) is 5.72. The Balaban J connectivity index is 1.97. The highest BCUT2D eigenvalue weighted by Crippen LogP contribution is 2.21. The smallest absolute Gasteiger partial charge is 0.256 e. The molecule has 1 aromatic rings. The van der Waals surface area contributed by atoms with Crippen molar-refractivity contribution in [3.8, 4) is 0 Å². The van der Waals surface area contributed by atoms with Gasteiger partial charge in [-0.15, -0.1) is 0 Å². The van der Waals surface area contributed by atoms with Gasteiger partial charge in [0.25, 0.3) is 5.91 Å². The maximum Gasteiger partial charge on any atom is 0.256 e. The monoisotopic (exact) mass is 306 g/mol. The quantitative estimate of drug-likeness (QED) is 0.860. The third-order valence-electron chi connectivity index (χ3n) is 3.87. The molecule has 0 radical (unpaired) electrons. The fourth-order valence-corrected chi connectivity index (χ4v) is 2.79. The normalized spacial score (nSPS) is 19.0. The van der Waals surface area contributed by atoms with E-state index < -0.39 is 6.10 Å². The Kier molecular flexibility index (Phi) is 6.36. The average Bonchev–Trinajstić information content (AvgIpc) is 2.53. The number of aliphatic hydroxyl groups is 1. The maximum atomic E-state index is 12.8. The predicted octanol–water partition coefficient (Wildman–Crippen LogP) is 1.29. The Morgan fingerprint density at radius 2 is 1.86 bits per heavy atom. The molecule has 0 spiro atoms. The second-order valence-electron chi connectivity index (χ2n) is 5.72. The molecule has 0 aliphatic carbocycles. The van der Waals surface area contributed by atoms with Crippen LogP contribution < -0.4 is 0 Å². The van der Waals surface area contributed by atoms with Gasteiger partial charge in [0.15, 0.2) is 6.10 Å². The van der Waals surface area contributed by atoms with Gasteiger partial charge in [-0.3, -0.25) is 9.69 Å². The number of ether oxygens (including phenoxy) is 1. The molecule has 1 amide bonds. The van der Waals surface area contributed by atoms with Crippen molar-refractivity contribution in [1.29, 1.82) is 0 Å². The highest BCUT2D eigenvalue weighted by molar-refractivity contribution is 5.82. The van der Waals surface area contributed by atoms with Crippen LogP contribution in [0.5, 0.6) is 0 Å². The second kappa shape index (κ2) is 8.27.